The highest BCUT2D eigenvalue weighted by atomic mass is 32.1. The van der Waals surface area contributed by atoms with Gasteiger partial charge in [-0.05, 0) is 18.2 Å². The maximum Gasteiger partial charge on any atom is 0.334 e. The maximum atomic E-state index is 12.8. The van der Waals surface area contributed by atoms with Crippen LogP contribution in [0.15, 0.2) is 47.0 Å². The van der Waals surface area contributed by atoms with Gasteiger partial charge >= 0.3 is 5.69 Å². The minimum atomic E-state index is -0.354. The van der Waals surface area contributed by atoms with Crippen molar-refractivity contribution in [2.45, 2.75) is 7.43 Å². The van der Waals surface area contributed by atoms with Crippen molar-refractivity contribution in [3.8, 4) is 5.13 Å². The summed E-state index contributed by atoms with van der Waals surface area (Å²) < 4.78 is 1.42. The van der Waals surface area contributed by atoms with Gasteiger partial charge < -0.3 is 15.5 Å². The highest BCUT2D eigenvalue weighted by Gasteiger charge is 2.19. The molecule has 3 N–H and O–H groups in total. The van der Waals surface area contributed by atoms with Crippen molar-refractivity contribution in [3.63, 3.8) is 0 Å². The van der Waals surface area contributed by atoms with Gasteiger partial charge in [0, 0.05) is 44.0 Å². The van der Waals surface area contributed by atoms with Gasteiger partial charge in [-0.25, -0.2) is 19.3 Å². The Labute approximate surface area is 182 Å². The van der Waals surface area contributed by atoms with Gasteiger partial charge in [0.05, 0.1) is 23.1 Å². The van der Waals surface area contributed by atoms with E-state index in [4.69, 9.17) is 0 Å². The molecule has 5 heterocycles. The molecule has 0 atom stereocenters. The van der Waals surface area contributed by atoms with E-state index in [0.29, 0.717) is 22.0 Å². The molecule has 1 aliphatic rings. The summed E-state index contributed by atoms with van der Waals surface area (Å²) in [6.07, 6.45) is 4.96. The van der Waals surface area contributed by atoms with Crippen LogP contribution >= 0.6 is 11.3 Å². The van der Waals surface area contributed by atoms with Crippen LogP contribution in [0.3, 0.4) is 0 Å². The predicted molar refractivity (Wildman–Crippen MR) is 121 cm³/mol. The molecular formula is C20H22N8O2S. The SMILES string of the molecule is C.O=C(Nc1cnccc1N1CCNCC1)c1csc(-n2c(=O)[nH]c3ncccc32)n1. The number of aromatic amines is 1. The molecule has 1 aliphatic heterocycles. The molecule has 31 heavy (non-hydrogen) atoms. The number of rotatable bonds is 4. The molecule has 0 aromatic carbocycles. The lowest BCUT2D eigenvalue weighted by Crippen LogP contribution is -2.43. The van der Waals surface area contributed by atoms with Gasteiger partial charge in [-0.3, -0.25) is 14.8 Å². The van der Waals surface area contributed by atoms with Crippen LogP contribution in [0.4, 0.5) is 11.4 Å². The summed E-state index contributed by atoms with van der Waals surface area (Å²) in [6.45, 7) is 3.48. The second-order valence-corrected chi connectivity index (χ2v) is 7.57. The second-order valence-electron chi connectivity index (χ2n) is 6.74. The van der Waals surface area contributed by atoms with Crippen molar-refractivity contribution in [2.75, 3.05) is 36.4 Å². The molecule has 4 aromatic heterocycles. The quantitative estimate of drug-likeness (QED) is 0.445. The van der Waals surface area contributed by atoms with Crippen molar-refractivity contribution in [3.05, 3.63) is 58.3 Å². The highest BCUT2D eigenvalue weighted by molar-refractivity contribution is 7.12. The minimum absolute atomic E-state index is 0. The molecule has 10 nitrogen and oxygen atoms in total. The summed E-state index contributed by atoms with van der Waals surface area (Å²) in [7, 11) is 0. The van der Waals surface area contributed by atoms with E-state index in [-0.39, 0.29) is 24.7 Å². The maximum absolute atomic E-state index is 12.8. The van der Waals surface area contributed by atoms with Gasteiger partial charge in [0.15, 0.2) is 10.8 Å². The van der Waals surface area contributed by atoms with Gasteiger partial charge in [0.1, 0.15) is 5.69 Å². The normalized spacial score (nSPS) is 13.7. The first-order valence-electron chi connectivity index (χ1n) is 9.43. The van der Waals surface area contributed by atoms with Crippen LogP contribution in [0.2, 0.25) is 0 Å². The molecule has 1 saturated heterocycles. The Morgan fingerprint density at radius 3 is 2.87 bits per heavy atom. The van der Waals surface area contributed by atoms with E-state index in [1.54, 1.807) is 36.1 Å². The number of nitrogens with one attached hydrogen (secondary N) is 3. The Bertz CT molecular complexity index is 1270. The van der Waals surface area contributed by atoms with Crippen molar-refractivity contribution in [1.82, 2.24) is 29.8 Å². The number of piperazine rings is 1. The van der Waals surface area contributed by atoms with Crippen LogP contribution in [0.5, 0.6) is 0 Å². The van der Waals surface area contributed by atoms with Crippen molar-refractivity contribution >= 4 is 39.8 Å². The fourth-order valence-electron chi connectivity index (χ4n) is 3.45. The fraction of sp³-hybridized carbons (Fsp3) is 0.250. The highest BCUT2D eigenvalue weighted by Crippen LogP contribution is 2.26. The average Bonchev–Trinajstić information content (AvgIpc) is 3.38. The smallest absolute Gasteiger partial charge is 0.334 e. The number of carbonyl (C=O) groups excluding carboxylic acids is 1. The molecule has 1 fully saturated rings. The lowest BCUT2D eigenvalue weighted by Gasteiger charge is -2.30. The molecule has 0 aliphatic carbocycles. The molecule has 5 rings (SSSR count). The number of amides is 1. The number of nitrogens with zero attached hydrogens (tertiary/aromatic N) is 5. The van der Waals surface area contributed by atoms with Gasteiger partial charge in [0.2, 0.25) is 0 Å². The number of anilines is 2. The molecule has 0 radical (unpaired) electrons. The lowest BCUT2D eigenvalue weighted by molar-refractivity contribution is 0.102. The third-order valence-corrected chi connectivity index (χ3v) is 5.70. The fourth-order valence-corrected chi connectivity index (χ4v) is 4.27. The van der Waals surface area contributed by atoms with Crippen LogP contribution in [0, 0.1) is 0 Å². The lowest BCUT2D eigenvalue weighted by atomic mass is 10.2. The third kappa shape index (κ3) is 3.92. The number of fused-ring (bicyclic) bond motifs is 1. The van der Waals surface area contributed by atoms with Gasteiger partial charge in [-0.15, -0.1) is 11.3 Å². The molecule has 160 valence electrons. The van der Waals surface area contributed by atoms with Gasteiger partial charge in [0.25, 0.3) is 5.91 Å². The Hall–Kier alpha value is -3.57. The Kier molecular flexibility index (Phi) is 5.78. The van der Waals surface area contributed by atoms with E-state index in [9.17, 15) is 9.59 Å². The zero-order chi connectivity index (χ0) is 20.5. The third-order valence-electron chi connectivity index (χ3n) is 4.88. The van der Waals surface area contributed by atoms with Crippen LogP contribution < -0.4 is 21.2 Å². The van der Waals surface area contributed by atoms with E-state index in [1.807, 2.05) is 6.07 Å². The number of carbonyl (C=O) groups is 1. The predicted octanol–water partition coefficient (Wildman–Crippen LogP) is 1.86. The molecule has 0 bridgehead atoms. The number of hydrogen-bond donors (Lipinski definition) is 3. The van der Waals surface area contributed by atoms with Crippen molar-refractivity contribution < 1.29 is 4.79 Å². The first-order valence-corrected chi connectivity index (χ1v) is 10.3. The zero-order valence-electron chi connectivity index (χ0n) is 15.8. The van der Waals surface area contributed by atoms with Gasteiger partial charge in [-0.1, -0.05) is 7.43 Å². The number of imidazole rings is 1. The summed E-state index contributed by atoms with van der Waals surface area (Å²) >= 11 is 1.22. The van der Waals surface area contributed by atoms with E-state index < -0.39 is 0 Å². The largest absolute Gasteiger partial charge is 0.367 e. The summed E-state index contributed by atoms with van der Waals surface area (Å²) in [5.74, 6) is -0.354. The van der Waals surface area contributed by atoms with Gasteiger partial charge in [-0.2, -0.15) is 0 Å². The van der Waals surface area contributed by atoms with E-state index in [0.717, 1.165) is 31.9 Å². The zero-order valence-corrected chi connectivity index (χ0v) is 16.6. The van der Waals surface area contributed by atoms with E-state index in [1.165, 1.54) is 15.9 Å². The van der Waals surface area contributed by atoms with Crippen LogP contribution in [-0.2, 0) is 0 Å². The Balaban J connectivity index is 0.00000231. The number of hydrogen-bond acceptors (Lipinski definition) is 8. The standard InChI is InChI=1S/C19H18N8O2S.CH4/c28-17(23-12-10-21-5-3-14(12)26-8-6-20-7-9-26)13-11-30-19(24-13)27-15-2-1-4-22-16(15)25-18(27)29;/h1-5,10-11,20H,6-9H2,(H,23,28)(H,22,25,29);1H4. The molecule has 1 amide bonds. The molecule has 0 unspecified atom stereocenters. The van der Waals surface area contributed by atoms with E-state index >= 15 is 0 Å². The minimum Gasteiger partial charge on any atom is -0.367 e. The first-order chi connectivity index (χ1) is 14.7. The first kappa shape index (κ1) is 20.7. The number of thiazole rings is 1. The van der Waals surface area contributed by atoms with Crippen molar-refractivity contribution in [2.24, 2.45) is 0 Å². The number of H-pyrrole nitrogens is 1. The second kappa shape index (κ2) is 8.66. The molecule has 4 aromatic rings. The van der Waals surface area contributed by atoms with Crippen LogP contribution in [0.25, 0.3) is 16.3 Å². The van der Waals surface area contributed by atoms with Crippen LogP contribution in [0.1, 0.15) is 17.9 Å². The summed E-state index contributed by atoms with van der Waals surface area (Å²) in [5.41, 5.74) is 2.52. The summed E-state index contributed by atoms with van der Waals surface area (Å²) in [5, 5.41) is 8.26. The number of pyridine rings is 2. The average molecular weight is 439 g/mol. The topological polar surface area (TPSA) is 121 Å². The molecule has 0 saturated carbocycles. The summed E-state index contributed by atoms with van der Waals surface area (Å²) in [4.78, 5) is 42.8. The Morgan fingerprint density at radius 2 is 2.03 bits per heavy atom. The number of aromatic nitrogens is 5. The monoisotopic (exact) mass is 438 g/mol. The molecule has 0 spiro atoms. The molecular weight excluding hydrogens is 416 g/mol. The van der Waals surface area contributed by atoms with Crippen LogP contribution in [-0.4, -0.2) is 56.6 Å². The summed E-state index contributed by atoms with van der Waals surface area (Å²) in [6, 6.07) is 5.41. The van der Waals surface area contributed by atoms with E-state index in [2.05, 4.69) is 35.5 Å². The molecule has 11 heteroatoms. The van der Waals surface area contributed by atoms with Crippen molar-refractivity contribution in [1.29, 1.82) is 0 Å². The Morgan fingerprint density at radius 1 is 1.19 bits per heavy atom.